The van der Waals surface area contributed by atoms with Crippen LogP contribution in [0.25, 0.3) is 0 Å². The summed E-state index contributed by atoms with van der Waals surface area (Å²) in [7, 11) is 0. The van der Waals surface area contributed by atoms with E-state index < -0.39 is 0 Å². The lowest BCUT2D eigenvalue weighted by Crippen LogP contribution is -2.27. The van der Waals surface area contributed by atoms with Crippen LogP contribution in [0.1, 0.15) is 12.0 Å². The molecular weight excluding hydrogens is 176 g/mol. The number of pyridine rings is 1. The first-order valence-corrected chi connectivity index (χ1v) is 4.67. The maximum Gasteiger partial charge on any atom is 0.146 e. The van der Waals surface area contributed by atoms with Crippen LogP contribution in [0.3, 0.4) is 0 Å². The average molecular weight is 188 g/mol. The van der Waals surface area contributed by atoms with Crippen molar-refractivity contribution in [3.63, 3.8) is 0 Å². The van der Waals surface area contributed by atoms with Gasteiger partial charge in [0.1, 0.15) is 11.9 Å². The minimum atomic E-state index is 0.212. The predicted octanol–water partition coefficient (Wildman–Crippen LogP) is 0.491. The van der Waals surface area contributed by atoms with Crippen molar-refractivity contribution in [3.05, 3.63) is 23.9 Å². The molecule has 0 unspecified atom stereocenters. The zero-order chi connectivity index (χ0) is 9.97. The molecule has 0 aliphatic carbocycles. The van der Waals surface area contributed by atoms with Crippen LogP contribution in [-0.2, 0) is 0 Å². The van der Waals surface area contributed by atoms with Crippen molar-refractivity contribution < 1.29 is 0 Å². The zero-order valence-corrected chi connectivity index (χ0v) is 7.85. The van der Waals surface area contributed by atoms with Crippen molar-refractivity contribution in [2.75, 3.05) is 18.0 Å². The minimum absolute atomic E-state index is 0.212. The summed E-state index contributed by atoms with van der Waals surface area (Å²) in [4.78, 5) is 6.29. The topological polar surface area (TPSA) is 65.9 Å². The molecule has 4 heteroatoms. The van der Waals surface area contributed by atoms with Crippen LogP contribution in [0.2, 0.25) is 0 Å². The van der Waals surface area contributed by atoms with Crippen LogP contribution < -0.4 is 10.6 Å². The van der Waals surface area contributed by atoms with Crippen LogP contribution >= 0.6 is 0 Å². The van der Waals surface area contributed by atoms with Crippen molar-refractivity contribution in [2.24, 2.45) is 5.73 Å². The van der Waals surface area contributed by atoms with Crippen LogP contribution in [0.5, 0.6) is 0 Å². The number of hydrogen-bond acceptors (Lipinski definition) is 4. The molecule has 1 aromatic rings. The second kappa shape index (κ2) is 3.64. The summed E-state index contributed by atoms with van der Waals surface area (Å²) in [6, 6.07) is 5.91. The molecule has 4 nitrogen and oxygen atoms in total. The van der Waals surface area contributed by atoms with Crippen LogP contribution in [0.15, 0.2) is 18.3 Å². The third-order valence-corrected chi connectivity index (χ3v) is 2.43. The van der Waals surface area contributed by atoms with Gasteiger partial charge >= 0.3 is 0 Å². The lowest BCUT2D eigenvalue weighted by atomic mass is 10.2. The third kappa shape index (κ3) is 1.54. The highest BCUT2D eigenvalue weighted by Gasteiger charge is 2.21. The van der Waals surface area contributed by atoms with Gasteiger partial charge in [-0.1, -0.05) is 0 Å². The van der Waals surface area contributed by atoms with E-state index in [1.807, 2.05) is 0 Å². The third-order valence-electron chi connectivity index (χ3n) is 2.43. The largest absolute Gasteiger partial charge is 0.354 e. The number of aromatic nitrogens is 1. The summed E-state index contributed by atoms with van der Waals surface area (Å²) in [6.07, 6.45) is 2.68. The van der Waals surface area contributed by atoms with Crippen LogP contribution in [0, 0.1) is 11.3 Å². The summed E-state index contributed by atoms with van der Waals surface area (Å²) in [5.41, 5.74) is 6.43. The fraction of sp³-hybridized carbons (Fsp3) is 0.400. The average Bonchev–Trinajstić information content (AvgIpc) is 2.65. The van der Waals surface area contributed by atoms with Crippen LogP contribution in [0.4, 0.5) is 5.82 Å². The number of nitrogens with two attached hydrogens (primary N) is 1. The van der Waals surface area contributed by atoms with Crippen molar-refractivity contribution in [1.82, 2.24) is 4.98 Å². The molecule has 0 amide bonds. The van der Waals surface area contributed by atoms with Crippen molar-refractivity contribution in [1.29, 1.82) is 5.26 Å². The summed E-state index contributed by atoms with van der Waals surface area (Å²) >= 11 is 0. The molecule has 1 aromatic heterocycles. The Hall–Kier alpha value is -1.60. The molecule has 2 heterocycles. The van der Waals surface area contributed by atoms with Gasteiger partial charge in [0.15, 0.2) is 0 Å². The fourth-order valence-corrected chi connectivity index (χ4v) is 1.72. The molecule has 14 heavy (non-hydrogen) atoms. The Bertz CT molecular complexity index is 369. The van der Waals surface area contributed by atoms with E-state index in [4.69, 9.17) is 11.0 Å². The summed E-state index contributed by atoms with van der Waals surface area (Å²) in [6.45, 7) is 1.69. The summed E-state index contributed by atoms with van der Waals surface area (Å²) in [5, 5.41) is 8.90. The highest BCUT2D eigenvalue weighted by atomic mass is 15.2. The maximum atomic E-state index is 8.90. The SMILES string of the molecule is N#Cc1cccnc1N1CC[C@@H](N)C1. The summed E-state index contributed by atoms with van der Waals surface area (Å²) < 4.78 is 0. The number of anilines is 1. The van der Waals surface area contributed by atoms with E-state index in [2.05, 4.69) is 16.0 Å². The van der Waals surface area contributed by atoms with Gasteiger partial charge in [0, 0.05) is 25.3 Å². The van der Waals surface area contributed by atoms with E-state index in [1.54, 1.807) is 18.3 Å². The second-order valence-corrected chi connectivity index (χ2v) is 3.48. The number of nitriles is 1. The minimum Gasteiger partial charge on any atom is -0.354 e. The lowest BCUT2D eigenvalue weighted by Gasteiger charge is -2.17. The molecule has 0 saturated carbocycles. The van der Waals surface area contributed by atoms with Gasteiger partial charge in [0.25, 0.3) is 0 Å². The van der Waals surface area contributed by atoms with Crippen molar-refractivity contribution in [2.45, 2.75) is 12.5 Å². The molecule has 1 fully saturated rings. The van der Waals surface area contributed by atoms with Gasteiger partial charge in [-0.3, -0.25) is 0 Å². The molecule has 0 radical (unpaired) electrons. The predicted molar refractivity (Wildman–Crippen MR) is 53.8 cm³/mol. The second-order valence-electron chi connectivity index (χ2n) is 3.48. The standard InChI is InChI=1S/C10H12N4/c11-6-8-2-1-4-13-10(8)14-5-3-9(12)7-14/h1-2,4,9H,3,5,7,12H2/t9-/m1/s1. The Morgan fingerprint density at radius 1 is 1.64 bits per heavy atom. The lowest BCUT2D eigenvalue weighted by molar-refractivity contribution is 0.751. The monoisotopic (exact) mass is 188 g/mol. The molecule has 72 valence electrons. The first-order chi connectivity index (χ1) is 6.81. The highest BCUT2D eigenvalue weighted by molar-refractivity contribution is 5.54. The molecule has 2 rings (SSSR count). The van der Waals surface area contributed by atoms with Gasteiger partial charge in [-0.25, -0.2) is 4.98 Å². The Morgan fingerprint density at radius 2 is 2.50 bits per heavy atom. The van der Waals surface area contributed by atoms with Gasteiger partial charge in [0.05, 0.1) is 5.56 Å². The van der Waals surface area contributed by atoms with E-state index in [0.717, 1.165) is 25.3 Å². The number of nitrogens with zero attached hydrogens (tertiary/aromatic N) is 3. The quantitative estimate of drug-likeness (QED) is 0.696. The molecule has 1 atom stereocenters. The molecule has 1 aliphatic rings. The van der Waals surface area contributed by atoms with Crippen LogP contribution in [-0.4, -0.2) is 24.1 Å². The number of hydrogen-bond donors (Lipinski definition) is 1. The Balaban J connectivity index is 2.28. The van der Waals surface area contributed by atoms with Crippen molar-refractivity contribution >= 4 is 5.82 Å². The molecule has 0 spiro atoms. The molecule has 0 bridgehead atoms. The van der Waals surface area contributed by atoms with E-state index in [0.29, 0.717) is 5.56 Å². The Morgan fingerprint density at radius 3 is 3.14 bits per heavy atom. The molecule has 0 aromatic carbocycles. The molecule has 1 aliphatic heterocycles. The van der Waals surface area contributed by atoms with Gasteiger partial charge in [-0.15, -0.1) is 0 Å². The summed E-state index contributed by atoms with van der Waals surface area (Å²) in [5.74, 6) is 0.767. The Labute approximate surface area is 83.0 Å². The normalized spacial score (nSPS) is 20.9. The van der Waals surface area contributed by atoms with Crippen molar-refractivity contribution in [3.8, 4) is 6.07 Å². The number of rotatable bonds is 1. The van der Waals surface area contributed by atoms with E-state index in [9.17, 15) is 0 Å². The van der Waals surface area contributed by atoms with E-state index in [-0.39, 0.29) is 6.04 Å². The van der Waals surface area contributed by atoms with Gasteiger partial charge in [-0.05, 0) is 18.6 Å². The maximum absolute atomic E-state index is 8.90. The van der Waals surface area contributed by atoms with E-state index in [1.165, 1.54) is 0 Å². The molecule has 2 N–H and O–H groups in total. The zero-order valence-electron chi connectivity index (χ0n) is 7.85. The fourth-order valence-electron chi connectivity index (χ4n) is 1.72. The molecule has 1 saturated heterocycles. The first kappa shape index (κ1) is 8.97. The van der Waals surface area contributed by atoms with Gasteiger partial charge in [-0.2, -0.15) is 5.26 Å². The first-order valence-electron chi connectivity index (χ1n) is 4.67. The van der Waals surface area contributed by atoms with Gasteiger partial charge < -0.3 is 10.6 Å². The Kier molecular flexibility index (Phi) is 2.33. The van der Waals surface area contributed by atoms with E-state index >= 15 is 0 Å². The smallest absolute Gasteiger partial charge is 0.146 e. The highest BCUT2D eigenvalue weighted by Crippen LogP contribution is 2.20. The van der Waals surface area contributed by atoms with Gasteiger partial charge in [0.2, 0.25) is 0 Å². The molecular formula is C10H12N4.